The summed E-state index contributed by atoms with van der Waals surface area (Å²) in [5, 5.41) is 10.7. The zero-order valence-electron chi connectivity index (χ0n) is 15.7. The molecule has 0 unspecified atom stereocenters. The van der Waals surface area contributed by atoms with E-state index in [0.717, 1.165) is 0 Å². The molecule has 0 saturated carbocycles. The number of hydrogen-bond acceptors (Lipinski definition) is 6. The van der Waals surface area contributed by atoms with Gasteiger partial charge in [-0.1, -0.05) is 37.0 Å². The Morgan fingerprint density at radius 1 is 1.24 bits per heavy atom. The second kappa shape index (κ2) is 8.22. The minimum absolute atomic E-state index is 0.0435. The standard InChI is InChI=1S/C18H17Cl2N5O4/c1-8(2)11-4-10(23-25(3)17(11)27)5-12-13(19)6-9(7-14(12)20)21-16(26)15-22-18(28)29-24-15/h4,6-8H,5H2,1-3H3,(H,21,26)(H,22,24,28). The summed E-state index contributed by atoms with van der Waals surface area (Å²) in [6.07, 6.45) is 0.302. The van der Waals surface area contributed by atoms with Crippen LogP contribution in [0.3, 0.4) is 0 Å². The van der Waals surface area contributed by atoms with Crippen LogP contribution in [0.4, 0.5) is 5.69 Å². The summed E-state index contributed by atoms with van der Waals surface area (Å²) in [6, 6.07) is 4.78. The summed E-state index contributed by atoms with van der Waals surface area (Å²) in [6.45, 7) is 3.86. The molecular weight excluding hydrogens is 421 g/mol. The number of hydrogen-bond donors (Lipinski definition) is 2. The Labute approximate surface area is 174 Å². The minimum atomic E-state index is -0.841. The van der Waals surface area contributed by atoms with Crippen LogP contribution in [0, 0.1) is 0 Å². The summed E-state index contributed by atoms with van der Waals surface area (Å²) in [7, 11) is 1.59. The van der Waals surface area contributed by atoms with Gasteiger partial charge in [0.2, 0.25) is 5.82 Å². The van der Waals surface area contributed by atoms with Gasteiger partial charge in [-0.25, -0.2) is 9.48 Å². The van der Waals surface area contributed by atoms with Gasteiger partial charge in [0.05, 0.1) is 5.69 Å². The van der Waals surface area contributed by atoms with E-state index in [9.17, 15) is 14.4 Å². The molecule has 9 nitrogen and oxygen atoms in total. The highest BCUT2D eigenvalue weighted by atomic mass is 35.5. The van der Waals surface area contributed by atoms with Crippen molar-refractivity contribution in [3.63, 3.8) is 0 Å². The van der Waals surface area contributed by atoms with Crippen LogP contribution in [-0.4, -0.2) is 25.8 Å². The molecule has 2 aromatic heterocycles. The van der Waals surface area contributed by atoms with Crippen LogP contribution in [0.2, 0.25) is 10.0 Å². The Hall–Kier alpha value is -2.91. The molecule has 2 N–H and O–H groups in total. The Kier molecular flexibility index (Phi) is 5.90. The highest BCUT2D eigenvalue weighted by Gasteiger charge is 2.16. The third-order valence-corrected chi connectivity index (χ3v) is 4.85. The number of nitrogens with zero attached hydrogens (tertiary/aromatic N) is 3. The fraction of sp³-hybridized carbons (Fsp3) is 0.278. The van der Waals surface area contributed by atoms with Crippen molar-refractivity contribution in [2.24, 2.45) is 7.05 Å². The van der Waals surface area contributed by atoms with Crippen molar-refractivity contribution in [1.29, 1.82) is 0 Å². The van der Waals surface area contributed by atoms with E-state index in [-0.39, 0.29) is 17.3 Å². The highest BCUT2D eigenvalue weighted by molar-refractivity contribution is 6.36. The van der Waals surface area contributed by atoms with Crippen molar-refractivity contribution in [1.82, 2.24) is 19.9 Å². The highest BCUT2D eigenvalue weighted by Crippen LogP contribution is 2.31. The molecule has 0 aliphatic carbocycles. The van der Waals surface area contributed by atoms with Gasteiger partial charge < -0.3 is 5.32 Å². The van der Waals surface area contributed by atoms with Crippen LogP contribution < -0.4 is 16.6 Å². The molecule has 0 fully saturated rings. The molecule has 0 spiro atoms. The number of carbonyl (C=O) groups is 1. The van der Waals surface area contributed by atoms with Crippen LogP contribution >= 0.6 is 23.2 Å². The van der Waals surface area contributed by atoms with Crippen molar-refractivity contribution >= 4 is 34.8 Å². The first-order valence-electron chi connectivity index (χ1n) is 8.58. The molecule has 0 aliphatic rings. The van der Waals surface area contributed by atoms with Gasteiger partial charge in [-0.3, -0.25) is 19.1 Å². The molecule has 11 heteroatoms. The van der Waals surface area contributed by atoms with Crippen molar-refractivity contribution in [3.8, 4) is 0 Å². The Morgan fingerprint density at radius 3 is 2.45 bits per heavy atom. The van der Waals surface area contributed by atoms with Gasteiger partial charge in [0.25, 0.3) is 11.5 Å². The maximum absolute atomic E-state index is 12.2. The predicted octanol–water partition coefficient (Wildman–Crippen LogP) is 2.73. The molecule has 0 saturated heterocycles. The fourth-order valence-corrected chi connectivity index (χ4v) is 3.36. The zero-order chi connectivity index (χ0) is 21.3. The largest absolute Gasteiger partial charge is 0.439 e. The molecule has 3 aromatic rings. The van der Waals surface area contributed by atoms with Gasteiger partial charge in [-0.05, 0) is 34.8 Å². The molecule has 0 radical (unpaired) electrons. The first-order chi connectivity index (χ1) is 13.7. The van der Waals surface area contributed by atoms with Gasteiger partial charge in [-0.15, -0.1) is 0 Å². The zero-order valence-corrected chi connectivity index (χ0v) is 17.3. The van der Waals surface area contributed by atoms with Crippen LogP contribution in [-0.2, 0) is 13.5 Å². The summed E-state index contributed by atoms with van der Waals surface area (Å²) >= 11 is 12.7. The van der Waals surface area contributed by atoms with E-state index in [0.29, 0.717) is 39.0 Å². The third-order valence-electron chi connectivity index (χ3n) is 4.18. The monoisotopic (exact) mass is 437 g/mol. The number of aryl methyl sites for hydroxylation is 1. The second-order valence-electron chi connectivity index (χ2n) is 6.67. The number of rotatable bonds is 5. The number of anilines is 1. The molecule has 2 heterocycles. The number of nitrogens with one attached hydrogen (secondary N) is 2. The number of aromatic amines is 1. The van der Waals surface area contributed by atoms with Crippen LogP contribution in [0.25, 0.3) is 0 Å². The van der Waals surface area contributed by atoms with Gasteiger partial charge in [0.1, 0.15) is 0 Å². The predicted molar refractivity (Wildman–Crippen MR) is 108 cm³/mol. The topological polar surface area (TPSA) is 123 Å². The van der Waals surface area contributed by atoms with Crippen molar-refractivity contribution in [2.45, 2.75) is 26.2 Å². The van der Waals surface area contributed by atoms with Crippen molar-refractivity contribution in [2.75, 3.05) is 5.32 Å². The molecule has 1 aromatic carbocycles. The van der Waals surface area contributed by atoms with Gasteiger partial charge >= 0.3 is 5.76 Å². The molecule has 29 heavy (non-hydrogen) atoms. The number of amides is 1. The van der Waals surface area contributed by atoms with Crippen LogP contribution in [0.15, 0.2) is 32.3 Å². The lowest BCUT2D eigenvalue weighted by Gasteiger charge is -2.13. The Balaban J connectivity index is 1.88. The van der Waals surface area contributed by atoms with E-state index in [4.69, 9.17) is 23.2 Å². The Bertz CT molecular complexity index is 1170. The van der Waals surface area contributed by atoms with Gasteiger partial charge in [0, 0.05) is 34.8 Å². The minimum Gasteiger partial charge on any atom is -0.319 e. The molecule has 1 amide bonds. The van der Waals surface area contributed by atoms with E-state index in [1.807, 2.05) is 13.8 Å². The number of benzene rings is 1. The number of carbonyl (C=O) groups excluding carboxylic acids is 1. The van der Waals surface area contributed by atoms with Crippen LogP contribution in [0.1, 0.15) is 47.2 Å². The van der Waals surface area contributed by atoms with Crippen LogP contribution in [0.5, 0.6) is 0 Å². The van der Waals surface area contributed by atoms with E-state index in [2.05, 4.69) is 25.1 Å². The quantitative estimate of drug-likeness (QED) is 0.632. The average Bonchev–Trinajstić information content (AvgIpc) is 3.07. The summed E-state index contributed by atoms with van der Waals surface area (Å²) < 4.78 is 5.59. The normalized spacial score (nSPS) is 11.1. The van der Waals surface area contributed by atoms with E-state index >= 15 is 0 Å². The number of H-pyrrole nitrogens is 1. The summed E-state index contributed by atoms with van der Waals surface area (Å²) in [4.78, 5) is 37.3. The molecule has 3 rings (SSSR count). The fourth-order valence-electron chi connectivity index (χ4n) is 2.74. The lowest BCUT2D eigenvalue weighted by molar-refractivity contribution is 0.101. The van der Waals surface area contributed by atoms with Gasteiger partial charge in [-0.2, -0.15) is 5.10 Å². The number of aromatic nitrogens is 4. The first-order valence-corrected chi connectivity index (χ1v) is 9.33. The lowest BCUT2D eigenvalue weighted by Crippen LogP contribution is -2.25. The summed E-state index contributed by atoms with van der Waals surface area (Å²) in [5.41, 5.74) is 2.05. The van der Waals surface area contributed by atoms with Crippen molar-refractivity contribution < 1.29 is 9.32 Å². The molecule has 0 bridgehead atoms. The molecule has 0 aliphatic heterocycles. The maximum atomic E-state index is 12.2. The molecule has 0 atom stereocenters. The molecular formula is C18H17Cl2N5O4. The lowest BCUT2D eigenvalue weighted by atomic mass is 10.0. The molecule has 152 valence electrons. The first kappa shape index (κ1) is 20.8. The summed E-state index contributed by atoms with van der Waals surface area (Å²) in [5.74, 6) is -1.76. The van der Waals surface area contributed by atoms with E-state index in [1.54, 1.807) is 13.1 Å². The third kappa shape index (κ3) is 4.57. The van der Waals surface area contributed by atoms with Gasteiger partial charge in [0.15, 0.2) is 0 Å². The second-order valence-corrected chi connectivity index (χ2v) is 7.48. The average molecular weight is 438 g/mol. The van der Waals surface area contributed by atoms with E-state index in [1.165, 1.54) is 16.8 Å². The smallest absolute Gasteiger partial charge is 0.319 e. The Morgan fingerprint density at radius 2 is 1.90 bits per heavy atom. The maximum Gasteiger partial charge on any atom is 0.439 e. The SMILES string of the molecule is CC(C)c1cc(Cc2c(Cl)cc(NC(=O)c3noc(=O)[nH]3)cc2Cl)nn(C)c1=O. The number of halogens is 2. The van der Waals surface area contributed by atoms with E-state index < -0.39 is 11.7 Å². The van der Waals surface area contributed by atoms with Crippen molar-refractivity contribution in [3.05, 3.63) is 71.8 Å².